The van der Waals surface area contributed by atoms with Crippen molar-refractivity contribution in [2.24, 2.45) is 0 Å². The van der Waals surface area contributed by atoms with Crippen molar-refractivity contribution in [3.63, 3.8) is 0 Å². The molecule has 0 saturated carbocycles. The van der Waals surface area contributed by atoms with Crippen molar-refractivity contribution in [1.29, 1.82) is 0 Å². The van der Waals surface area contributed by atoms with E-state index in [4.69, 9.17) is 5.11 Å². The number of rotatable bonds is 5. The highest BCUT2D eigenvalue weighted by Crippen LogP contribution is 2.26. The van der Waals surface area contributed by atoms with E-state index in [2.05, 4.69) is 11.4 Å². The van der Waals surface area contributed by atoms with Crippen LogP contribution in [0.5, 0.6) is 0 Å². The minimum atomic E-state index is -0.168. The molecule has 0 fully saturated rings. The van der Waals surface area contributed by atoms with Crippen molar-refractivity contribution >= 4 is 11.6 Å². The number of para-hydroxylation sites is 1. The van der Waals surface area contributed by atoms with Gasteiger partial charge in [-0.25, -0.2) is 0 Å². The second kappa shape index (κ2) is 6.06. The Morgan fingerprint density at radius 3 is 2.84 bits per heavy atom. The van der Waals surface area contributed by atoms with Crippen LogP contribution < -0.4 is 5.32 Å². The van der Waals surface area contributed by atoms with Crippen LogP contribution in [-0.4, -0.2) is 41.1 Å². The zero-order valence-corrected chi connectivity index (χ0v) is 11.6. The normalized spacial score (nSPS) is 17.2. The van der Waals surface area contributed by atoms with Crippen molar-refractivity contribution < 1.29 is 9.90 Å². The third-order valence-corrected chi connectivity index (χ3v) is 3.53. The lowest BCUT2D eigenvalue weighted by molar-refractivity contribution is -0.133. The Morgan fingerprint density at radius 2 is 2.21 bits per heavy atom. The molecule has 2 N–H and O–H groups in total. The number of carbonyl (C=O) groups is 1. The maximum absolute atomic E-state index is 12.5. The second-order valence-corrected chi connectivity index (χ2v) is 5.26. The van der Waals surface area contributed by atoms with Gasteiger partial charge in [-0.15, -0.1) is 0 Å². The zero-order valence-electron chi connectivity index (χ0n) is 11.6. The smallest absolute Gasteiger partial charge is 0.245 e. The van der Waals surface area contributed by atoms with Gasteiger partial charge in [0.05, 0.1) is 0 Å². The maximum Gasteiger partial charge on any atom is 0.245 e. The van der Waals surface area contributed by atoms with Crippen LogP contribution in [0.1, 0.15) is 25.8 Å². The number of hydrogen-bond donors (Lipinski definition) is 2. The molecule has 1 amide bonds. The van der Waals surface area contributed by atoms with E-state index in [0.717, 1.165) is 12.1 Å². The van der Waals surface area contributed by atoms with Gasteiger partial charge in [0.2, 0.25) is 5.91 Å². The third kappa shape index (κ3) is 3.07. The summed E-state index contributed by atoms with van der Waals surface area (Å²) >= 11 is 0. The molecule has 4 heteroatoms. The monoisotopic (exact) mass is 262 g/mol. The van der Waals surface area contributed by atoms with E-state index in [1.54, 1.807) is 0 Å². The van der Waals surface area contributed by atoms with Crippen LogP contribution in [-0.2, 0) is 11.2 Å². The molecule has 0 radical (unpaired) electrons. The Kier molecular flexibility index (Phi) is 4.43. The van der Waals surface area contributed by atoms with E-state index in [-0.39, 0.29) is 24.6 Å². The fourth-order valence-corrected chi connectivity index (χ4v) is 2.51. The Bertz CT molecular complexity index is 421. The fraction of sp³-hybridized carbons (Fsp3) is 0.533. The first kappa shape index (κ1) is 13.9. The number of nitrogens with zero attached hydrogens (tertiary/aromatic N) is 1. The van der Waals surface area contributed by atoms with Crippen molar-refractivity contribution in [2.75, 3.05) is 18.5 Å². The van der Waals surface area contributed by atoms with E-state index < -0.39 is 0 Å². The first-order chi connectivity index (χ1) is 9.13. The van der Waals surface area contributed by atoms with Crippen LogP contribution in [0.15, 0.2) is 24.3 Å². The van der Waals surface area contributed by atoms with E-state index in [0.29, 0.717) is 13.0 Å². The van der Waals surface area contributed by atoms with Crippen LogP contribution in [0, 0.1) is 0 Å². The molecule has 4 nitrogen and oxygen atoms in total. The zero-order chi connectivity index (χ0) is 13.8. The van der Waals surface area contributed by atoms with Gasteiger partial charge in [-0.05, 0) is 31.9 Å². The summed E-state index contributed by atoms with van der Waals surface area (Å²) in [5.74, 6) is 0.125. The summed E-state index contributed by atoms with van der Waals surface area (Å²) in [7, 11) is 0. The molecule has 0 aliphatic carbocycles. The number of aliphatic hydroxyl groups excluding tert-OH is 1. The molecule has 0 bridgehead atoms. The molecule has 0 unspecified atom stereocenters. The number of aliphatic hydroxyl groups is 1. The first-order valence-corrected chi connectivity index (χ1v) is 6.89. The number of benzene rings is 1. The quantitative estimate of drug-likeness (QED) is 0.848. The summed E-state index contributed by atoms with van der Waals surface area (Å²) < 4.78 is 0. The highest BCUT2D eigenvalue weighted by atomic mass is 16.3. The summed E-state index contributed by atoms with van der Waals surface area (Å²) in [4.78, 5) is 14.4. The van der Waals surface area contributed by atoms with E-state index in [1.165, 1.54) is 5.56 Å². The predicted octanol–water partition coefficient (Wildman–Crippen LogP) is 1.64. The molecule has 104 valence electrons. The average Bonchev–Trinajstić information content (AvgIpc) is 2.82. The Labute approximate surface area is 114 Å². The Hall–Kier alpha value is -1.55. The Morgan fingerprint density at radius 1 is 1.47 bits per heavy atom. The van der Waals surface area contributed by atoms with Crippen LogP contribution in [0.25, 0.3) is 0 Å². The molecule has 1 heterocycles. The number of fused-ring (bicyclic) bond motifs is 1. The minimum absolute atomic E-state index is 0.120. The van der Waals surface area contributed by atoms with Gasteiger partial charge in [0, 0.05) is 31.3 Å². The largest absolute Gasteiger partial charge is 0.396 e. The summed E-state index contributed by atoms with van der Waals surface area (Å²) in [6.07, 6.45) is 1.38. The fourth-order valence-electron chi connectivity index (χ4n) is 2.51. The van der Waals surface area contributed by atoms with Crippen LogP contribution in [0.3, 0.4) is 0 Å². The van der Waals surface area contributed by atoms with Crippen molar-refractivity contribution in [2.45, 2.75) is 38.8 Å². The second-order valence-electron chi connectivity index (χ2n) is 5.26. The first-order valence-electron chi connectivity index (χ1n) is 6.89. The number of hydrogen-bond acceptors (Lipinski definition) is 3. The van der Waals surface area contributed by atoms with E-state index in [1.807, 2.05) is 36.9 Å². The number of amides is 1. The van der Waals surface area contributed by atoms with E-state index >= 15 is 0 Å². The SMILES string of the molecule is CC(C)N(CCCO)C(=O)[C@@H]1Cc2ccccc2N1. The summed E-state index contributed by atoms with van der Waals surface area (Å²) in [6.45, 7) is 4.76. The highest BCUT2D eigenvalue weighted by molar-refractivity contribution is 5.87. The topological polar surface area (TPSA) is 52.6 Å². The lowest BCUT2D eigenvalue weighted by Crippen LogP contribution is -2.46. The van der Waals surface area contributed by atoms with Gasteiger partial charge in [-0.3, -0.25) is 4.79 Å². The molecule has 1 aliphatic heterocycles. The van der Waals surface area contributed by atoms with Crippen molar-refractivity contribution in [3.05, 3.63) is 29.8 Å². The molecule has 1 aromatic carbocycles. The van der Waals surface area contributed by atoms with Gasteiger partial charge < -0.3 is 15.3 Å². The van der Waals surface area contributed by atoms with E-state index in [9.17, 15) is 4.79 Å². The lowest BCUT2D eigenvalue weighted by Gasteiger charge is -2.29. The highest BCUT2D eigenvalue weighted by Gasteiger charge is 2.30. The molecule has 0 spiro atoms. The van der Waals surface area contributed by atoms with Crippen LogP contribution in [0.4, 0.5) is 5.69 Å². The number of anilines is 1. The van der Waals surface area contributed by atoms with Gasteiger partial charge in [-0.2, -0.15) is 0 Å². The number of carbonyl (C=O) groups excluding carboxylic acids is 1. The number of nitrogens with one attached hydrogen (secondary N) is 1. The van der Waals surface area contributed by atoms with Crippen molar-refractivity contribution in [3.8, 4) is 0 Å². The molecular weight excluding hydrogens is 240 g/mol. The van der Waals surface area contributed by atoms with Gasteiger partial charge in [0.1, 0.15) is 6.04 Å². The summed E-state index contributed by atoms with van der Waals surface area (Å²) in [5.41, 5.74) is 2.26. The van der Waals surface area contributed by atoms with Gasteiger partial charge in [-0.1, -0.05) is 18.2 Å². The molecule has 0 aromatic heterocycles. The molecular formula is C15H22N2O2. The molecule has 1 atom stereocenters. The minimum Gasteiger partial charge on any atom is -0.396 e. The third-order valence-electron chi connectivity index (χ3n) is 3.53. The molecule has 1 aliphatic rings. The Balaban J connectivity index is 2.04. The molecule has 0 saturated heterocycles. The van der Waals surface area contributed by atoms with Crippen LogP contribution >= 0.6 is 0 Å². The predicted molar refractivity (Wildman–Crippen MR) is 76.1 cm³/mol. The van der Waals surface area contributed by atoms with Crippen molar-refractivity contribution in [1.82, 2.24) is 4.90 Å². The average molecular weight is 262 g/mol. The van der Waals surface area contributed by atoms with Gasteiger partial charge >= 0.3 is 0 Å². The maximum atomic E-state index is 12.5. The van der Waals surface area contributed by atoms with Gasteiger partial charge in [0.25, 0.3) is 0 Å². The van der Waals surface area contributed by atoms with Gasteiger partial charge in [0.15, 0.2) is 0 Å². The molecule has 1 aromatic rings. The molecule has 2 rings (SSSR count). The lowest BCUT2D eigenvalue weighted by atomic mass is 10.1. The molecule has 19 heavy (non-hydrogen) atoms. The summed E-state index contributed by atoms with van der Waals surface area (Å²) in [5, 5.41) is 12.2. The van der Waals surface area contributed by atoms with Crippen LogP contribution in [0.2, 0.25) is 0 Å². The standard InChI is InChI=1S/C15H22N2O2/c1-11(2)17(8-5-9-18)15(19)14-10-12-6-3-4-7-13(12)16-14/h3-4,6-7,11,14,16,18H,5,8-10H2,1-2H3/t14-/m0/s1. The summed E-state index contributed by atoms with van der Waals surface area (Å²) in [6, 6.07) is 8.03.